The van der Waals surface area contributed by atoms with Crippen LogP contribution in [0.25, 0.3) is 0 Å². The molecule has 0 radical (unpaired) electrons. The van der Waals surface area contributed by atoms with Gasteiger partial charge in [-0.15, -0.1) is 0 Å². The van der Waals surface area contributed by atoms with E-state index in [1.165, 1.54) is 24.3 Å². The maximum atomic E-state index is 13.2. The van der Waals surface area contributed by atoms with E-state index in [0.717, 1.165) is 10.8 Å². The number of aromatic amines is 1. The third-order valence-electron chi connectivity index (χ3n) is 6.24. The molecule has 11 heteroatoms. The molecular weight excluding hydrogens is 532 g/mol. The van der Waals surface area contributed by atoms with Crippen LogP contribution in [0.15, 0.2) is 113 Å². The van der Waals surface area contributed by atoms with Crippen LogP contribution < -0.4 is 11.2 Å². The van der Waals surface area contributed by atoms with Gasteiger partial charge >= 0.3 is 23.6 Å². The number of esters is 3. The molecular formula is C30H24N2O9. The molecule has 4 aromatic rings. The van der Waals surface area contributed by atoms with Crippen LogP contribution in [0.5, 0.6) is 0 Å². The summed E-state index contributed by atoms with van der Waals surface area (Å²) in [5.41, 5.74) is -1.29. The lowest BCUT2D eigenvalue weighted by atomic mass is 10.1. The Bertz CT molecular complexity index is 1690. The molecule has 0 bridgehead atoms. The van der Waals surface area contributed by atoms with E-state index in [1.54, 1.807) is 66.7 Å². The van der Waals surface area contributed by atoms with Crippen LogP contribution in [-0.4, -0.2) is 52.4 Å². The van der Waals surface area contributed by atoms with Crippen molar-refractivity contribution in [2.24, 2.45) is 0 Å². The largest absolute Gasteiger partial charge is 0.459 e. The Labute approximate surface area is 234 Å². The van der Waals surface area contributed by atoms with Gasteiger partial charge in [0, 0.05) is 12.2 Å². The SMILES string of the molecule is [2H]c1cn([C@@H]2O[C@H](COC(=O)c3ccccc3)[C@@H](OC(=O)c3ccccc3)[C@H]2OC(=O)c2ccccc2)c(=O)[nH]c1=O. The van der Waals surface area contributed by atoms with E-state index in [2.05, 4.69) is 0 Å². The number of hydrogen-bond donors (Lipinski definition) is 1. The van der Waals surface area contributed by atoms with Crippen LogP contribution in [0.2, 0.25) is 0 Å². The zero-order valence-electron chi connectivity index (χ0n) is 22.4. The van der Waals surface area contributed by atoms with Gasteiger partial charge in [0.25, 0.3) is 5.56 Å². The van der Waals surface area contributed by atoms with Crippen molar-refractivity contribution in [3.05, 3.63) is 141 Å². The molecule has 2 heterocycles. The quantitative estimate of drug-likeness (QED) is 0.256. The second-order valence-electron chi connectivity index (χ2n) is 8.94. The van der Waals surface area contributed by atoms with E-state index in [-0.39, 0.29) is 16.7 Å². The highest BCUT2D eigenvalue weighted by atomic mass is 16.7. The molecule has 1 fully saturated rings. The first-order valence-corrected chi connectivity index (χ1v) is 12.5. The molecule has 0 unspecified atom stereocenters. The van der Waals surface area contributed by atoms with Gasteiger partial charge in [0.2, 0.25) is 0 Å². The van der Waals surface area contributed by atoms with Gasteiger partial charge in [0.05, 0.1) is 18.1 Å². The zero-order chi connectivity index (χ0) is 29.6. The van der Waals surface area contributed by atoms with Crippen LogP contribution >= 0.6 is 0 Å². The highest BCUT2D eigenvalue weighted by Crippen LogP contribution is 2.34. The van der Waals surface area contributed by atoms with Gasteiger partial charge in [-0.2, -0.15) is 0 Å². The summed E-state index contributed by atoms with van der Waals surface area (Å²) in [6, 6.07) is 23.5. The number of aromatic nitrogens is 2. The summed E-state index contributed by atoms with van der Waals surface area (Å²) < 4.78 is 31.8. The number of rotatable bonds is 8. The minimum atomic E-state index is -1.47. The van der Waals surface area contributed by atoms with Gasteiger partial charge in [0.1, 0.15) is 12.7 Å². The molecule has 5 rings (SSSR count). The summed E-state index contributed by atoms with van der Waals surface area (Å²) in [4.78, 5) is 65.7. The van der Waals surface area contributed by atoms with Crippen molar-refractivity contribution in [2.45, 2.75) is 24.5 Å². The molecule has 4 atom stereocenters. The molecule has 0 saturated carbocycles. The fourth-order valence-electron chi connectivity index (χ4n) is 4.25. The average Bonchev–Trinajstić information content (AvgIpc) is 3.34. The van der Waals surface area contributed by atoms with Gasteiger partial charge in [0.15, 0.2) is 18.4 Å². The maximum Gasteiger partial charge on any atom is 0.338 e. The Kier molecular flexibility index (Phi) is 7.77. The number of nitrogens with zero attached hydrogens (tertiary/aromatic N) is 1. The summed E-state index contributed by atoms with van der Waals surface area (Å²) >= 11 is 0. The highest BCUT2D eigenvalue weighted by molar-refractivity contribution is 5.91. The van der Waals surface area contributed by atoms with E-state index >= 15 is 0 Å². The molecule has 0 amide bonds. The van der Waals surface area contributed by atoms with Gasteiger partial charge in [-0.05, 0) is 36.4 Å². The van der Waals surface area contributed by atoms with Gasteiger partial charge in [-0.1, -0.05) is 54.6 Å². The third-order valence-corrected chi connectivity index (χ3v) is 6.24. The number of H-pyrrole nitrogens is 1. The molecule has 1 N–H and O–H groups in total. The van der Waals surface area contributed by atoms with E-state index in [9.17, 15) is 24.0 Å². The summed E-state index contributed by atoms with van der Waals surface area (Å²) in [6.45, 7) is -0.456. The van der Waals surface area contributed by atoms with Crippen LogP contribution in [-0.2, 0) is 18.9 Å². The second kappa shape index (κ2) is 12.3. The van der Waals surface area contributed by atoms with Crippen molar-refractivity contribution < 1.29 is 34.7 Å². The predicted octanol–water partition coefficient (Wildman–Crippen LogP) is 2.74. The average molecular weight is 558 g/mol. The molecule has 11 nitrogen and oxygen atoms in total. The van der Waals surface area contributed by atoms with Crippen LogP contribution in [0.3, 0.4) is 0 Å². The minimum absolute atomic E-state index is 0.165. The number of hydrogen-bond acceptors (Lipinski definition) is 9. The van der Waals surface area contributed by atoms with E-state index in [0.29, 0.717) is 0 Å². The van der Waals surface area contributed by atoms with Crippen molar-refractivity contribution in [3.8, 4) is 0 Å². The van der Waals surface area contributed by atoms with Crippen molar-refractivity contribution >= 4 is 17.9 Å². The summed E-state index contributed by atoms with van der Waals surface area (Å²) in [5.74, 6) is -2.30. The highest BCUT2D eigenvalue weighted by Gasteiger charge is 2.51. The maximum absolute atomic E-state index is 13.2. The molecule has 3 aromatic carbocycles. The molecule has 1 aromatic heterocycles. The lowest BCUT2D eigenvalue weighted by molar-refractivity contribution is -0.0640. The van der Waals surface area contributed by atoms with Crippen molar-refractivity contribution in [2.75, 3.05) is 6.61 Å². The molecule has 0 aliphatic carbocycles. The fraction of sp³-hybridized carbons (Fsp3) is 0.167. The van der Waals surface area contributed by atoms with E-state index < -0.39 is 66.3 Å². The van der Waals surface area contributed by atoms with Crippen molar-refractivity contribution in [1.82, 2.24) is 9.55 Å². The number of carbonyl (C=O) groups is 3. The first kappa shape index (κ1) is 26.0. The Morgan fingerprint density at radius 2 is 1.24 bits per heavy atom. The van der Waals surface area contributed by atoms with Gasteiger partial charge < -0.3 is 18.9 Å². The zero-order valence-corrected chi connectivity index (χ0v) is 21.4. The van der Waals surface area contributed by atoms with Crippen LogP contribution in [0.1, 0.15) is 38.7 Å². The van der Waals surface area contributed by atoms with E-state index in [4.69, 9.17) is 20.3 Å². The lowest BCUT2D eigenvalue weighted by Gasteiger charge is -2.25. The Morgan fingerprint density at radius 3 is 1.78 bits per heavy atom. The number of nitrogens with one attached hydrogen (secondary N) is 1. The van der Waals surface area contributed by atoms with E-state index in [1.807, 2.05) is 4.98 Å². The normalized spacial score (nSPS) is 20.0. The third kappa shape index (κ3) is 6.31. The summed E-state index contributed by atoms with van der Waals surface area (Å²) in [7, 11) is 0. The Morgan fingerprint density at radius 1 is 0.756 bits per heavy atom. The molecule has 1 aliphatic heterocycles. The van der Waals surface area contributed by atoms with Gasteiger partial charge in [-0.3, -0.25) is 14.3 Å². The predicted molar refractivity (Wildman–Crippen MR) is 143 cm³/mol. The van der Waals surface area contributed by atoms with Crippen molar-refractivity contribution in [3.63, 3.8) is 0 Å². The standard InChI is InChI=1S/C30H24N2O9/c33-23-16-17-32(30(37)31-23)26-25(41-29(36)21-14-8-3-9-15-21)24(40-28(35)20-12-6-2-7-13-20)22(39-26)18-38-27(34)19-10-4-1-5-11-19/h1-17,22,24-26H,18H2,(H,31,33,37)/t22-,24-,25-,26-/m1/s1/i16D. The smallest absolute Gasteiger partial charge is 0.338 e. The monoisotopic (exact) mass is 557 g/mol. The number of benzene rings is 3. The first-order chi connectivity index (χ1) is 20.3. The van der Waals surface area contributed by atoms with Crippen LogP contribution in [0, 0.1) is 0 Å². The molecule has 41 heavy (non-hydrogen) atoms. The molecule has 208 valence electrons. The molecule has 1 saturated heterocycles. The molecule has 0 spiro atoms. The number of ether oxygens (including phenoxy) is 4. The van der Waals surface area contributed by atoms with Crippen LogP contribution in [0.4, 0.5) is 0 Å². The molecule has 1 aliphatic rings. The lowest BCUT2D eigenvalue weighted by Crippen LogP contribution is -2.43. The van der Waals surface area contributed by atoms with Crippen molar-refractivity contribution in [1.29, 1.82) is 0 Å². The summed E-state index contributed by atoms with van der Waals surface area (Å²) in [6.07, 6.45) is -4.62. The fourth-order valence-corrected chi connectivity index (χ4v) is 4.25. The second-order valence-corrected chi connectivity index (χ2v) is 8.94. The topological polar surface area (TPSA) is 143 Å². The Hall–Kier alpha value is -5.29. The minimum Gasteiger partial charge on any atom is -0.459 e. The first-order valence-electron chi connectivity index (χ1n) is 13.0. The summed E-state index contributed by atoms with van der Waals surface area (Å²) in [5, 5.41) is 0. The Balaban J connectivity index is 1.52. The van der Waals surface area contributed by atoms with Gasteiger partial charge in [-0.25, -0.2) is 19.2 Å². The number of carbonyl (C=O) groups excluding carboxylic acids is 3.